The van der Waals surface area contributed by atoms with E-state index < -0.39 is 6.10 Å². The molecule has 1 amide bonds. The molecule has 0 aliphatic carbocycles. The van der Waals surface area contributed by atoms with Gasteiger partial charge in [-0.25, -0.2) is 4.98 Å². The molecule has 1 aromatic heterocycles. The van der Waals surface area contributed by atoms with Crippen molar-refractivity contribution in [2.24, 2.45) is 0 Å². The topological polar surface area (TPSA) is 51.7 Å². The molecule has 25 heavy (non-hydrogen) atoms. The lowest BCUT2D eigenvalue weighted by atomic mass is 9.97. The Kier molecular flexibility index (Phi) is 4.40. The van der Waals surface area contributed by atoms with Crippen molar-refractivity contribution < 1.29 is 14.3 Å². The summed E-state index contributed by atoms with van der Waals surface area (Å²) in [5.41, 5.74) is 3.31. The van der Waals surface area contributed by atoms with Crippen LogP contribution < -0.4 is 4.74 Å². The Hall–Kier alpha value is -2.40. The predicted molar refractivity (Wildman–Crippen MR) is 93.4 cm³/mol. The van der Waals surface area contributed by atoms with E-state index in [1.165, 1.54) is 5.56 Å². The summed E-state index contributed by atoms with van der Waals surface area (Å²) >= 11 is 0. The van der Waals surface area contributed by atoms with Crippen LogP contribution in [0.15, 0.2) is 42.6 Å². The second kappa shape index (κ2) is 6.84. The normalized spacial score (nSPS) is 22.5. The Morgan fingerprint density at radius 3 is 3.00 bits per heavy atom. The van der Waals surface area contributed by atoms with Crippen LogP contribution in [0, 0.1) is 6.92 Å². The molecule has 2 aromatic rings. The van der Waals surface area contributed by atoms with Gasteiger partial charge in [0.05, 0.1) is 13.2 Å². The third-order valence-electron chi connectivity index (χ3n) is 4.85. The molecule has 2 aliphatic heterocycles. The molecule has 1 saturated heterocycles. The van der Waals surface area contributed by atoms with Crippen LogP contribution >= 0.6 is 0 Å². The largest absolute Gasteiger partial charge is 0.472 e. The van der Waals surface area contributed by atoms with Crippen molar-refractivity contribution >= 4 is 5.91 Å². The number of aromatic nitrogens is 1. The summed E-state index contributed by atoms with van der Waals surface area (Å²) in [4.78, 5) is 19.1. The van der Waals surface area contributed by atoms with Gasteiger partial charge in [-0.3, -0.25) is 4.79 Å². The van der Waals surface area contributed by atoms with Crippen molar-refractivity contribution in [2.45, 2.75) is 32.0 Å². The van der Waals surface area contributed by atoms with Crippen LogP contribution in [-0.2, 0) is 16.0 Å². The van der Waals surface area contributed by atoms with E-state index in [-0.39, 0.29) is 12.0 Å². The van der Waals surface area contributed by atoms with Crippen molar-refractivity contribution in [3.05, 3.63) is 59.3 Å². The van der Waals surface area contributed by atoms with Crippen LogP contribution in [-0.4, -0.2) is 41.6 Å². The van der Waals surface area contributed by atoms with Gasteiger partial charge in [0.2, 0.25) is 5.88 Å². The molecular weight excluding hydrogens is 316 g/mol. The first-order valence-corrected chi connectivity index (χ1v) is 8.78. The van der Waals surface area contributed by atoms with Crippen molar-refractivity contribution in [1.82, 2.24) is 9.88 Å². The summed E-state index contributed by atoms with van der Waals surface area (Å²) in [5.74, 6) is 0.652. The second-order valence-corrected chi connectivity index (χ2v) is 6.69. The number of aryl methyl sites for hydroxylation is 1. The minimum Gasteiger partial charge on any atom is -0.472 e. The van der Waals surface area contributed by atoms with Gasteiger partial charge in [-0.2, -0.15) is 0 Å². The van der Waals surface area contributed by atoms with Crippen LogP contribution in [0.4, 0.5) is 0 Å². The third-order valence-corrected chi connectivity index (χ3v) is 4.85. The lowest BCUT2D eigenvalue weighted by Gasteiger charge is -2.28. The molecule has 3 heterocycles. The first kappa shape index (κ1) is 16.1. The van der Waals surface area contributed by atoms with Gasteiger partial charge < -0.3 is 14.4 Å². The smallest absolute Gasteiger partial charge is 0.256 e. The summed E-state index contributed by atoms with van der Waals surface area (Å²) in [6.07, 6.45) is 2.97. The molecule has 0 spiro atoms. The van der Waals surface area contributed by atoms with Gasteiger partial charge in [0.25, 0.3) is 5.91 Å². The monoisotopic (exact) mass is 338 g/mol. The van der Waals surface area contributed by atoms with Crippen LogP contribution in [0.3, 0.4) is 0 Å². The van der Waals surface area contributed by atoms with E-state index in [9.17, 15) is 4.79 Å². The number of carbonyl (C=O) groups is 1. The molecule has 2 aliphatic rings. The summed E-state index contributed by atoms with van der Waals surface area (Å²) in [6, 6.07) is 11.9. The maximum atomic E-state index is 12.9. The highest BCUT2D eigenvalue weighted by Crippen LogP contribution is 2.30. The lowest BCUT2D eigenvalue weighted by Crippen LogP contribution is -2.37. The van der Waals surface area contributed by atoms with Gasteiger partial charge in [0, 0.05) is 25.2 Å². The Morgan fingerprint density at radius 1 is 1.28 bits per heavy atom. The molecule has 0 radical (unpaired) electrons. The summed E-state index contributed by atoms with van der Waals surface area (Å²) in [7, 11) is 0. The van der Waals surface area contributed by atoms with Crippen molar-refractivity contribution in [3.63, 3.8) is 0 Å². The number of nitrogens with zero attached hydrogens (tertiary/aromatic N) is 2. The van der Waals surface area contributed by atoms with Gasteiger partial charge in [-0.1, -0.05) is 30.3 Å². The third kappa shape index (κ3) is 3.37. The van der Waals surface area contributed by atoms with E-state index >= 15 is 0 Å². The molecule has 5 heteroatoms. The standard InChI is InChI=1S/C20H22N2O3/c1-14-6-7-18(21-12-14)25-16-8-10-22(13-16)20(23)19-17-5-3-2-4-15(17)9-11-24-19/h2-7,12,16,19H,8-11,13H2,1H3. The number of hydrogen-bond donors (Lipinski definition) is 0. The number of carbonyl (C=O) groups excluding carboxylic acids is 1. The zero-order chi connectivity index (χ0) is 17.2. The molecular formula is C20H22N2O3. The quantitative estimate of drug-likeness (QED) is 0.863. The zero-order valence-corrected chi connectivity index (χ0v) is 14.4. The van der Waals surface area contributed by atoms with Crippen molar-refractivity contribution in [2.75, 3.05) is 19.7 Å². The zero-order valence-electron chi connectivity index (χ0n) is 14.4. The number of hydrogen-bond acceptors (Lipinski definition) is 4. The molecule has 0 bridgehead atoms. The number of fused-ring (bicyclic) bond motifs is 1. The van der Waals surface area contributed by atoms with E-state index in [4.69, 9.17) is 9.47 Å². The SMILES string of the molecule is Cc1ccc(OC2CCN(C(=O)C3OCCc4ccccc43)C2)nc1. The van der Waals surface area contributed by atoms with E-state index in [0.29, 0.717) is 25.6 Å². The molecule has 0 N–H and O–H groups in total. The highest BCUT2D eigenvalue weighted by molar-refractivity contribution is 5.83. The first-order chi connectivity index (χ1) is 12.2. The minimum atomic E-state index is -0.485. The fourth-order valence-corrected chi connectivity index (χ4v) is 3.48. The molecule has 0 saturated carbocycles. The highest BCUT2D eigenvalue weighted by atomic mass is 16.5. The number of amides is 1. The maximum Gasteiger partial charge on any atom is 0.256 e. The number of likely N-dealkylation sites (tertiary alicyclic amines) is 1. The second-order valence-electron chi connectivity index (χ2n) is 6.69. The Balaban J connectivity index is 1.42. The summed E-state index contributed by atoms with van der Waals surface area (Å²) in [6.45, 7) is 3.86. The predicted octanol–water partition coefficient (Wildman–Crippen LogP) is 2.68. The van der Waals surface area contributed by atoms with Gasteiger partial charge in [-0.05, 0) is 30.0 Å². The Morgan fingerprint density at radius 2 is 2.16 bits per heavy atom. The Labute approximate surface area is 147 Å². The Bertz CT molecular complexity index is 760. The van der Waals surface area contributed by atoms with Crippen LogP contribution in [0.25, 0.3) is 0 Å². The maximum absolute atomic E-state index is 12.9. The van der Waals surface area contributed by atoms with Crippen molar-refractivity contribution in [3.8, 4) is 5.88 Å². The van der Waals surface area contributed by atoms with Gasteiger partial charge in [0.1, 0.15) is 6.10 Å². The molecule has 5 nitrogen and oxygen atoms in total. The highest BCUT2D eigenvalue weighted by Gasteiger charge is 2.35. The van der Waals surface area contributed by atoms with Gasteiger partial charge in [0.15, 0.2) is 6.10 Å². The first-order valence-electron chi connectivity index (χ1n) is 8.78. The number of ether oxygens (including phenoxy) is 2. The van der Waals surface area contributed by atoms with Gasteiger partial charge >= 0.3 is 0 Å². The van der Waals surface area contributed by atoms with E-state index in [2.05, 4.69) is 11.1 Å². The molecule has 130 valence electrons. The number of benzene rings is 1. The van der Waals surface area contributed by atoms with Crippen molar-refractivity contribution in [1.29, 1.82) is 0 Å². The lowest BCUT2D eigenvalue weighted by molar-refractivity contribution is -0.144. The fraction of sp³-hybridized carbons (Fsp3) is 0.400. The van der Waals surface area contributed by atoms with Gasteiger partial charge in [-0.15, -0.1) is 0 Å². The molecule has 1 aromatic carbocycles. The number of rotatable bonds is 3. The summed E-state index contributed by atoms with van der Waals surface area (Å²) < 4.78 is 11.7. The van der Waals surface area contributed by atoms with Crippen LogP contribution in [0.1, 0.15) is 29.2 Å². The molecule has 1 fully saturated rings. The minimum absolute atomic E-state index is 0.0157. The summed E-state index contributed by atoms with van der Waals surface area (Å²) in [5, 5.41) is 0. The molecule has 4 rings (SSSR count). The fourth-order valence-electron chi connectivity index (χ4n) is 3.48. The number of pyridine rings is 1. The van der Waals surface area contributed by atoms with Crippen LogP contribution in [0.2, 0.25) is 0 Å². The van der Waals surface area contributed by atoms with Crippen LogP contribution in [0.5, 0.6) is 5.88 Å². The average molecular weight is 338 g/mol. The van der Waals surface area contributed by atoms with E-state index in [1.54, 1.807) is 6.20 Å². The molecule has 2 unspecified atom stereocenters. The average Bonchev–Trinajstić information content (AvgIpc) is 3.11. The van der Waals surface area contributed by atoms with E-state index in [1.807, 2.05) is 42.2 Å². The molecule has 2 atom stereocenters. The van der Waals surface area contributed by atoms with E-state index in [0.717, 1.165) is 24.0 Å².